The molecule has 2 aliphatic rings. The molecule has 0 saturated heterocycles. The quantitative estimate of drug-likeness (QED) is 0.488. The van der Waals surface area contributed by atoms with E-state index in [0.29, 0.717) is 0 Å². The molecule has 1 saturated carbocycles. The minimum atomic E-state index is -0.871. The van der Waals surface area contributed by atoms with Gasteiger partial charge in [-0.1, -0.05) is 36.9 Å². The maximum absolute atomic E-state index is 11.6. The first kappa shape index (κ1) is 22.6. The Balaban J connectivity index is 1.48. The Morgan fingerprint density at radius 2 is 1.73 bits per heavy atom. The van der Waals surface area contributed by atoms with Gasteiger partial charge in [0.15, 0.2) is 0 Å². The van der Waals surface area contributed by atoms with Crippen LogP contribution in [0.3, 0.4) is 0 Å². The third kappa shape index (κ3) is 5.62. The Bertz CT molecular complexity index is 1040. The first-order valence-corrected chi connectivity index (χ1v) is 11.3. The number of nitrogens with two attached hydrogens (primary N) is 1. The molecule has 0 radical (unpaired) electrons. The van der Waals surface area contributed by atoms with Gasteiger partial charge in [0, 0.05) is 17.7 Å². The Hall–Kier alpha value is -3.58. The van der Waals surface area contributed by atoms with Crippen LogP contribution < -0.4 is 26.4 Å². The molecule has 4 rings (SSSR count). The summed E-state index contributed by atoms with van der Waals surface area (Å²) in [5, 5.41) is 9.90. The van der Waals surface area contributed by atoms with Crippen LogP contribution in [0, 0.1) is 0 Å². The lowest BCUT2D eigenvalue weighted by molar-refractivity contribution is -0.117. The van der Waals surface area contributed by atoms with Crippen molar-refractivity contribution >= 4 is 17.8 Å². The molecule has 0 spiro atoms. The summed E-state index contributed by atoms with van der Waals surface area (Å²) >= 11 is 0. The SMILES string of the molecule is C=CC(=O)NC1CCC(NC2=C(c3ccc(Oc4ccccc4)cc3)C(C)(N)N=CN2)CC1. The van der Waals surface area contributed by atoms with Crippen LogP contribution in [0.25, 0.3) is 5.57 Å². The van der Waals surface area contributed by atoms with Gasteiger partial charge in [0.25, 0.3) is 0 Å². The number of nitrogens with zero attached hydrogens (tertiary/aromatic N) is 1. The van der Waals surface area contributed by atoms with Gasteiger partial charge in [0.05, 0.1) is 6.34 Å². The topological polar surface area (TPSA) is 101 Å². The molecule has 2 aromatic carbocycles. The zero-order valence-electron chi connectivity index (χ0n) is 18.9. The van der Waals surface area contributed by atoms with Crippen LogP contribution in [-0.4, -0.2) is 30.0 Å². The van der Waals surface area contributed by atoms with Gasteiger partial charge in [-0.2, -0.15) is 0 Å². The number of amides is 1. The van der Waals surface area contributed by atoms with Crippen molar-refractivity contribution in [2.75, 3.05) is 0 Å². The zero-order chi connectivity index (χ0) is 23.3. The van der Waals surface area contributed by atoms with Crippen LogP contribution in [0.4, 0.5) is 0 Å². The second-order valence-corrected chi connectivity index (χ2v) is 8.65. The standard InChI is InChI=1S/C26H31N5O2/c1-3-23(32)30-19-11-13-20(14-12-19)31-25-24(26(2,27)29-17-28-25)18-9-15-22(16-10-18)33-21-7-5-4-6-8-21/h3-10,15-17,19-20,31H,1,11-14,27H2,2H3,(H,28,29)(H,30,32). The first-order valence-electron chi connectivity index (χ1n) is 11.3. The van der Waals surface area contributed by atoms with Crippen molar-refractivity contribution in [3.8, 4) is 11.5 Å². The fourth-order valence-electron chi connectivity index (χ4n) is 4.33. The minimum absolute atomic E-state index is 0.111. The molecule has 1 aliphatic heterocycles. The van der Waals surface area contributed by atoms with Crippen molar-refractivity contribution in [1.82, 2.24) is 16.0 Å². The average molecular weight is 446 g/mol. The molecule has 1 heterocycles. The lowest BCUT2D eigenvalue weighted by Crippen LogP contribution is -2.48. The molecule has 0 aromatic heterocycles. The van der Waals surface area contributed by atoms with Crippen LogP contribution in [0.15, 0.2) is 78.1 Å². The van der Waals surface area contributed by atoms with E-state index in [9.17, 15) is 4.79 Å². The Morgan fingerprint density at radius 1 is 1.09 bits per heavy atom. The summed E-state index contributed by atoms with van der Waals surface area (Å²) in [7, 11) is 0. The van der Waals surface area contributed by atoms with E-state index in [-0.39, 0.29) is 18.0 Å². The van der Waals surface area contributed by atoms with Crippen molar-refractivity contribution < 1.29 is 9.53 Å². The van der Waals surface area contributed by atoms with Gasteiger partial charge < -0.3 is 26.4 Å². The largest absolute Gasteiger partial charge is 0.457 e. The minimum Gasteiger partial charge on any atom is -0.457 e. The number of hydrogen-bond donors (Lipinski definition) is 4. The van der Waals surface area contributed by atoms with Crippen LogP contribution in [-0.2, 0) is 4.79 Å². The summed E-state index contributed by atoms with van der Waals surface area (Å²) in [6.07, 6.45) is 6.70. The lowest BCUT2D eigenvalue weighted by Gasteiger charge is -2.35. The highest BCUT2D eigenvalue weighted by Gasteiger charge is 2.32. The molecule has 1 amide bonds. The van der Waals surface area contributed by atoms with E-state index < -0.39 is 5.66 Å². The number of para-hydroxylation sites is 1. The number of rotatable bonds is 7. The maximum Gasteiger partial charge on any atom is 0.243 e. The summed E-state index contributed by atoms with van der Waals surface area (Å²) < 4.78 is 5.92. The van der Waals surface area contributed by atoms with Gasteiger partial charge in [-0.3, -0.25) is 4.79 Å². The predicted molar refractivity (Wildman–Crippen MR) is 132 cm³/mol. The van der Waals surface area contributed by atoms with Crippen LogP contribution in [0.1, 0.15) is 38.2 Å². The van der Waals surface area contributed by atoms with Gasteiger partial charge in [-0.15, -0.1) is 0 Å². The second kappa shape index (κ2) is 9.92. The number of ether oxygens (including phenoxy) is 1. The Labute approximate surface area is 194 Å². The number of aliphatic imine (C=N–C) groups is 1. The highest BCUT2D eigenvalue weighted by molar-refractivity contribution is 5.87. The van der Waals surface area contributed by atoms with Crippen molar-refractivity contribution in [2.24, 2.45) is 10.7 Å². The lowest BCUT2D eigenvalue weighted by atomic mass is 9.89. The highest BCUT2D eigenvalue weighted by Crippen LogP contribution is 2.32. The van der Waals surface area contributed by atoms with Gasteiger partial charge >= 0.3 is 0 Å². The van der Waals surface area contributed by atoms with Crippen molar-refractivity contribution in [3.63, 3.8) is 0 Å². The third-order valence-corrected chi connectivity index (χ3v) is 6.03. The zero-order valence-corrected chi connectivity index (χ0v) is 18.9. The molecule has 5 N–H and O–H groups in total. The molecule has 1 aliphatic carbocycles. The van der Waals surface area contributed by atoms with Crippen LogP contribution in [0.5, 0.6) is 11.5 Å². The second-order valence-electron chi connectivity index (χ2n) is 8.65. The molecule has 1 unspecified atom stereocenters. The van der Waals surface area contributed by atoms with Crippen molar-refractivity contribution in [2.45, 2.75) is 50.4 Å². The maximum atomic E-state index is 11.6. The van der Waals surface area contributed by atoms with Crippen molar-refractivity contribution in [3.05, 3.63) is 78.6 Å². The van der Waals surface area contributed by atoms with Crippen molar-refractivity contribution in [1.29, 1.82) is 0 Å². The first-order chi connectivity index (χ1) is 15.9. The molecule has 0 bridgehead atoms. The summed E-state index contributed by atoms with van der Waals surface area (Å²) in [6.45, 7) is 5.42. The third-order valence-electron chi connectivity index (χ3n) is 6.03. The smallest absolute Gasteiger partial charge is 0.243 e. The average Bonchev–Trinajstić information content (AvgIpc) is 2.81. The molecule has 2 aromatic rings. The molecule has 7 nitrogen and oxygen atoms in total. The van der Waals surface area contributed by atoms with E-state index >= 15 is 0 Å². The van der Waals surface area contributed by atoms with E-state index in [1.165, 1.54) is 6.08 Å². The number of benzene rings is 2. The summed E-state index contributed by atoms with van der Waals surface area (Å²) in [5.74, 6) is 2.30. The molecule has 1 atom stereocenters. The summed E-state index contributed by atoms with van der Waals surface area (Å²) in [5.41, 5.74) is 7.58. The number of carbonyl (C=O) groups excluding carboxylic acids is 1. The Kier molecular flexibility index (Phi) is 6.79. The molecular weight excluding hydrogens is 414 g/mol. The fraction of sp³-hybridized carbons (Fsp3) is 0.308. The van der Waals surface area contributed by atoms with E-state index in [2.05, 4.69) is 27.5 Å². The van der Waals surface area contributed by atoms with E-state index in [1.807, 2.05) is 61.5 Å². The van der Waals surface area contributed by atoms with Gasteiger partial charge in [-0.05, 0) is 68.5 Å². The fourth-order valence-corrected chi connectivity index (χ4v) is 4.33. The molecule has 1 fully saturated rings. The molecule has 7 heteroatoms. The Morgan fingerprint density at radius 3 is 2.39 bits per heavy atom. The van der Waals surface area contributed by atoms with Crippen LogP contribution in [0.2, 0.25) is 0 Å². The number of hydrogen-bond acceptors (Lipinski definition) is 6. The van der Waals surface area contributed by atoms with Crippen LogP contribution >= 0.6 is 0 Å². The molecule has 172 valence electrons. The highest BCUT2D eigenvalue weighted by atomic mass is 16.5. The molecular formula is C26H31N5O2. The van der Waals surface area contributed by atoms with Gasteiger partial charge in [0.2, 0.25) is 5.91 Å². The van der Waals surface area contributed by atoms with E-state index in [1.54, 1.807) is 6.34 Å². The molecule has 33 heavy (non-hydrogen) atoms. The number of carbonyl (C=O) groups is 1. The van der Waals surface area contributed by atoms with Gasteiger partial charge in [-0.25, -0.2) is 4.99 Å². The summed E-state index contributed by atoms with van der Waals surface area (Å²) in [6, 6.07) is 18.1. The predicted octanol–water partition coefficient (Wildman–Crippen LogP) is 3.66. The van der Waals surface area contributed by atoms with E-state index in [4.69, 9.17) is 10.5 Å². The summed E-state index contributed by atoms with van der Waals surface area (Å²) in [4.78, 5) is 16.0. The number of nitrogens with one attached hydrogen (secondary N) is 3. The van der Waals surface area contributed by atoms with Gasteiger partial charge in [0.1, 0.15) is 23.0 Å². The monoisotopic (exact) mass is 445 g/mol. The normalized spacial score (nSPS) is 24.5. The van der Waals surface area contributed by atoms with E-state index in [0.717, 1.165) is 54.1 Å².